The number of carbonyl (C=O) groups excluding carboxylic acids is 3. The maximum absolute atomic E-state index is 12.6. The first-order chi connectivity index (χ1) is 14.7. The standard InChI is InChI=1S/C21H27N3O6S/c1-4-12-22-31(28,29)18-8-6-16(7-9-18)20(26)23(3)15-19(25)24-13-10-17(11-14-24)21(27)30-5-2/h1,6-9,17,22H,5,10-15H2,2-3H3. The lowest BCUT2D eigenvalue weighted by Gasteiger charge is -2.32. The van der Waals surface area contributed by atoms with Crippen LogP contribution >= 0.6 is 0 Å². The number of piperidine rings is 1. The molecule has 0 aliphatic carbocycles. The number of benzene rings is 1. The van der Waals surface area contributed by atoms with Crippen molar-refractivity contribution >= 4 is 27.8 Å². The summed E-state index contributed by atoms with van der Waals surface area (Å²) in [5, 5.41) is 0. The summed E-state index contributed by atoms with van der Waals surface area (Å²) < 4.78 is 31.4. The van der Waals surface area contributed by atoms with Gasteiger partial charge in [-0.05, 0) is 44.0 Å². The molecule has 2 rings (SSSR count). The second-order valence-electron chi connectivity index (χ2n) is 7.12. The van der Waals surface area contributed by atoms with E-state index in [1.165, 1.54) is 36.2 Å². The number of likely N-dealkylation sites (tertiary alicyclic amines) is 1. The number of carbonyl (C=O) groups is 3. The summed E-state index contributed by atoms with van der Waals surface area (Å²) in [7, 11) is -2.24. The van der Waals surface area contributed by atoms with Crippen molar-refractivity contribution in [2.45, 2.75) is 24.7 Å². The van der Waals surface area contributed by atoms with Crippen LogP contribution in [0.4, 0.5) is 0 Å². The zero-order valence-corrected chi connectivity index (χ0v) is 18.5. The van der Waals surface area contributed by atoms with E-state index in [1.807, 2.05) is 0 Å². The van der Waals surface area contributed by atoms with Crippen LogP contribution in [0.5, 0.6) is 0 Å². The number of rotatable bonds is 8. The third-order valence-corrected chi connectivity index (χ3v) is 6.38. The van der Waals surface area contributed by atoms with Crippen molar-refractivity contribution in [1.29, 1.82) is 0 Å². The fraction of sp³-hybridized carbons (Fsp3) is 0.476. The SMILES string of the molecule is C#CCNS(=O)(=O)c1ccc(C(=O)N(C)CC(=O)N2CCC(C(=O)OCC)CC2)cc1. The highest BCUT2D eigenvalue weighted by atomic mass is 32.2. The first-order valence-corrected chi connectivity index (χ1v) is 11.4. The maximum atomic E-state index is 12.6. The minimum Gasteiger partial charge on any atom is -0.466 e. The van der Waals surface area contributed by atoms with Crippen LogP contribution in [-0.4, -0.2) is 75.8 Å². The van der Waals surface area contributed by atoms with E-state index < -0.39 is 15.9 Å². The van der Waals surface area contributed by atoms with E-state index in [4.69, 9.17) is 11.2 Å². The Balaban J connectivity index is 1.91. The topological polar surface area (TPSA) is 113 Å². The average Bonchev–Trinajstić information content (AvgIpc) is 2.77. The largest absolute Gasteiger partial charge is 0.466 e. The Bertz CT molecular complexity index is 944. The molecule has 0 bridgehead atoms. The highest BCUT2D eigenvalue weighted by molar-refractivity contribution is 7.89. The van der Waals surface area contributed by atoms with Gasteiger partial charge in [0.15, 0.2) is 0 Å². The second-order valence-corrected chi connectivity index (χ2v) is 8.89. The summed E-state index contributed by atoms with van der Waals surface area (Å²) in [6.07, 6.45) is 6.13. The molecule has 10 heteroatoms. The number of terminal acetylenes is 1. The molecule has 0 saturated carbocycles. The van der Waals surface area contributed by atoms with Crippen LogP contribution in [0.25, 0.3) is 0 Å². The van der Waals surface area contributed by atoms with Crippen LogP contribution in [0, 0.1) is 18.3 Å². The van der Waals surface area contributed by atoms with Gasteiger partial charge >= 0.3 is 5.97 Å². The zero-order chi connectivity index (χ0) is 23.0. The molecule has 0 atom stereocenters. The van der Waals surface area contributed by atoms with E-state index in [9.17, 15) is 22.8 Å². The van der Waals surface area contributed by atoms with Crippen molar-refractivity contribution in [3.63, 3.8) is 0 Å². The fourth-order valence-electron chi connectivity index (χ4n) is 3.22. The van der Waals surface area contributed by atoms with Crippen molar-refractivity contribution in [1.82, 2.24) is 14.5 Å². The number of hydrogen-bond acceptors (Lipinski definition) is 6. The van der Waals surface area contributed by atoms with Gasteiger partial charge in [0, 0.05) is 25.7 Å². The number of amides is 2. The summed E-state index contributed by atoms with van der Waals surface area (Å²) in [5.41, 5.74) is 0.257. The quantitative estimate of drug-likeness (QED) is 0.456. The number of ether oxygens (including phenoxy) is 1. The summed E-state index contributed by atoms with van der Waals surface area (Å²) >= 11 is 0. The van der Waals surface area contributed by atoms with Crippen LogP contribution in [-0.2, 0) is 24.3 Å². The smallest absolute Gasteiger partial charge is 0.309 e. The number of nitrogens with one attached hydrogen (secondary N) is 1. The molecule has 1 aromatic rings. The minimum absolute atomic E-state index is 0.0116. The molecule has 0 spiro atoms. The van der Waals surface area contributed by atoms with Crippen molar-refractivity contribution in [2.75, 3.05) is 39.8 Å². The van der Waals surface area contributed by atoms with Gasteiger partial charge in [-0.1, -0.05) is 5.92 Å². The third-order valence-electron chi connectivity index (χ3n) is 4.96. The van der Waals surface area contributed by atoms with Crippen LogP contribution in [0.3, 0.4) is 0 Å². The third kappa shape index (κ3) is 6.54. The number of hydrogen-bond donors (Lipinski definition) is 1. The van der Waals surface area contributed by atoms with Gasteiger partial charge < -0.3 is 14.5 Å². The van der Waals surface area contributed by atoms with Crippen LogP contribution in [0.2, 0.25) is 0 Å². The lowest BCUT2D eigenvalue weighted by atomic mass is 9.97. The number of esters is 1. The molecule has 1 saturated heterocycles. The van der Waals surface area contributed by atoms with E-state index in [1.54, 1.807) is 11.8 Å². The second kappa shape index (κ2) is 10.9. The van der Waals surface area contributed by atoms with Gasteiger partial charge in [-0.2, -0.15) is 4.72 Å². The van der Waals surface area contributed by atoms with E-state index in [2.05, 4.69) is 10.6 Å². The van der Waals surface area contributed by atoms with Gasteiger partial charge in [-0.15, -0.1) is 6.42 Å². The van der Waals surface area contributed by atoms with Crippen molar-refractivity contribution < 1.29 is 27.5 Å². The molecule has 0 aromatic heterocycles. The van der Waals surface area contributed by atoms with E-state index in [-0.39, 0.29) is 41.3 Å². The first kappa shape index (κ1) is 24.4. The number of likely N-dealkylation sites (N-methyl/N-ethyl adjacent to an activating group) is 1. The summed E-state index contributed by atoms with van der Waals surface area (Å²) in [6.45, 7) is 2.70. The summed E-state index contributed by atoms with van der Waals surface area (Å²) in [4.78, 5) is 39.9. The highest BCUT2D eigenvalue weighted by Gasteiger charge is 2.29. The summed E-state index contributed by atoms with van der Waals surface area (Å²) in [5.74, 6) is 1.13. The normalized spacial score (nSPS) is 14.5. The Labute approximate surface area is 182 Å². The van der Waals surface area contributed by atoms with Crippen LogP contribution in [0.1, 0.15) is 30.1 Å². The monoisotopic (exact) mass is 449 g/mol. The molecule has 9 nitrogen and oxygen atoms in total. The van der Waals surface area contributed by atoms with Crippen LogP contribution in [0.15, 0.2) is 29.2 Å². The van der Waals surface area contributed by atoms with Crippen LogP contribution < -0.4 is 4.72 Å². The molecule has 1 aromatic carbocycles. The molecule has 1 aliphatic heterocycles. The Kier molecular flexibility index (Phi) is 8.59. The molecular weight excluding hydrogens is 422 g/mol. The molecular formula is C21H27N3O6S. The molecule has 0 radical (unpaired) electrons. The van der Waals surface area contributed by atoms with Gasteiger partial charge in [-0.3, -0.25) is 14.4 Å². The lowest BCUT2D eigenvalue weighted by molar-refractivity contribution is -0.151. The number of nitrogens with zero attached hydrogens (tertiary/aromatic N) is 2. The van der Waals surface area contributed by atoms with Gasteiger partial charge in [0.1, 0.15) is 0 Å². The summed E-state index contributed by atoms with van der Waals surface area (Å²) in [6, 6.07) is 5.39. The molecule has 1 fully saturated rings. The average molecular weight is 450 g/mol. The first-order valence-electron chi connectivity index (χ1n) is 9.92. The Hall–Kier alpha value is -2.90. The lowest BCUT2D eigenvalue weighted by Crippen LogP contribution is -2.45. The number of sulfonamides is 1. The predicted molar refractivity (Wildman–Crippen MR) is 113 cm³/mol. The van der Waals surface area contributed by atoms with Crippen molar-refractivity contribution in [3.8, 4) is 12.3 Å². The maximum Gasteiger partial charge on any atom is 0.309 e. The highest BCUT2D eigenvalue weighted by Crippen LogP contribution is 2.19. The molecule has 1 aliphatic rings. The Morgan fingerprint density at radius 2 is 1.84 bits per heavy atom. The molecule has 1 N–H and O–H groups in total. The molecule has 0 unspecified atom stereocenters. The Morgan fingerprint density at radius 3 is 2.39 bits per heavy atom. The van der Waals surface area contributed by atoms with Gasteiger partial charge in [-0.25, -0.2) is 8.42 Å². The zero-order valence-electron chi connectivity index (χ0n) is 17.7. The van der Waals surface area contributed by atoms with Crippen molar-refractivity contribution in [2.24, 2.45) is 5.92 Å². The fourth-order valence-corrected chi connectivity index (χ4v) is 4.15. The van der Waals surface area contributed by atoms with E-state index in [0.717, 1.165) is 0 Å². The van der Waals surface area contributed by atoms with Gasteiger partial charge in [0.05, 0.1) is 30.5 Å². The Morgan fingerprint density at radius 1 is 1.23 bits per heavy atom. The minimum atomic E-state index is -3.74. The van der Waals surface area contributed by atoms with E-state index >= 15 is 0 Å². The molecule has 168 valence electrons. The predicted octanol–water partition coefficient (Wildman–Crippen LogP) is 0.472. The van der Waals surface area contributed by atoms with E-state index in [0.29, 0.717) is 32.5 Å². The van der Waals surface area contributed by atoms with Gasteiger partial charge in [0.2, 0.25) is 15.9 Å². The van der Waals surface area contributed by atoms with Crippen molar-refractivity contribution in [3.05, 3.63) is 29.8 Å². The molecule has 1 heterocycles. The van der Waals surface area contributed by atoms with Gasteiger partial charge in [0.25, 0.3) is 5.91 Å². The molecule has 31 heavy (non-hydrogen) atoms. The molecule has 2 amide bonds.